The summed E-state index contributed by atoms with van der Waals surface area (Å²) in [5.41, 5.74) is 3.06. The summed E-state index contributed by atoms with van der Waals surface area (Å²) in [6.45, 7) is 9.11. The van der Waals surface area contributed by atoms with Gasteiger partial charge < -0.3 is 10.1 Å². The van der Waals surface area contributed by atoms with Gasteiger partial charge in [-0.25, -0.2) is 13.1 Å². The molecule has 0 aliphatic carbocycles. The van der Waals surface area contributed by atoms with Gasteiger partial charge in [-0.05, 0) is 56.5 Å². The van der Waals surface area contributed by atoms with E-state index >= 15 is 0 Å². The highest BCUT2D eigenvalue weighted by molar-refractivity contribution is 7.88. The molecule has 0 amide bonds. The van der Waals surface area contributed by atoms with Gasteiger partial charge in [0, 0.05) is 19.1 Å². The molecule has 2 rings (SSSR count). The molecule has 0 fully saturated rings. The van der Waals surface area contributed by atoms with Crippen LogP contribution in [0.5, 0.6) is 5.75 Å². The van der Waals surface area contributed by atoms with Crippen LogP contribution in [0.25, 0.3) is 0 Å². The third kappa shape index (κ3) is 8.12. The van der Waals surface area contributed by atoms with Crippen molar-refractivity contribution in [3.05, 3.63) is 65.2 Å². The van der Waals surface area contributed by atoms with Crippen LogP contribution in [0.2, 0.25) is 0 Å². The maximum Gasteiger partial charge on any atom is 0.216 e. The Kier molecular flexibility index (Phi) is 7.83. The SMILES string of the molecule is CC(C)NS(=O)(=O)Cc1ccc(CNCc2cccc(OC(C)C)c2)cc1. The summed E-state index contributed by atoms with van der Waals surface area (Å²) < 4.78 is 32.3. The highest BCUT2D eigenvalue weighted by atomic mass is 32.2. The number of hydrogen-bond donors (Lipinski definition) is 2. The largest absolute Gasteiger partial charge is 0.491 e. The van der Waals surface area contributed by atoms with Crippen molar-refractivity contribution in [2.24, 2.45) is 0 Å². The highest BCUT2D eigenvalue weighted by Crippen LogP contribution is 2.15. The molecule has 0 aliphatic rings. The first-order chi connectivity index (χ1) is 12.7. The molecule has 0 unspecified atom stereocenters. The Bertz CT molecular complexity index is 816. The van der Waals surface area contributed by atoms with E-state index in [1.165, 1.54) is 0 Å². The fraction of sp³-hybridized carbons (Fsp3) is 0.429. The number of nitrogens with one attached hydrogen (secondary N) is 2. The summed E-state index contributed by atoms with van der Waals surface area (Å²) in [6, 6.07) is 15.6. The van der Waals surface area contributed by atoms with Crippen LogP contribution in [-0.4, -0.2) is 20.6 Å². The molecule has 0 saturated carbocycles. The van der Waals surface area contributed by atoms with Gasteiger partial charge in [-0.1, -0.05) is 36.4 Å². The van der Waals surface area contributed by atoms with Gasteiger partial charge in [-0.2, -0.15) is 0 Å². The Balaban J connectivity index is 1.85. The van der Waals surface area contributed by atoms with Crippen LogP contribution in [0.15, 0.2) is 48.5 Å². The van der Waals surface area contributed by atoms with E-state index < -0.39 is 10.0 Å². The Morgan fingerprint density at radius 2 is 1.52 bits per heavy atom. The van der Waals surface area contributed by atoms with Crippen LogP contribution in [-0.2, 0) is 28.9 Å². The lowest BCUT2D eigenvalue weighted by molar-refractivity contribution is 0.242. The smallest absolute Gasteiger partial charge is 0.216 e. The summed E-state index contributed by atoms with van der Waals surface area (Å²) in [6.07, 6.45) is 0.159. The van der Waals surface area contributed by atoms with E-state index in [1.807, 2.05) is 70.2 Å². The van der Waals surface area contributed by atoms with Crippen LogP contribution < -0.4 is 14.8 Å². The van der Waals surface area contributed by atoms with Gasteiger partial charge >= 0.3 is 0 Å². The first-order valence-corrected chi connectivity index (χ1v) is 10.9. The molecule has 0 atom stereocenters. The molecule has 5 nitrogen and oxygen atoms in total. The zero-order chi connectivity index (χ0) is 19.9. The lowest BCUT2D eigenvalue weighted by atomic mass is 10.1. The molecular formula is C21H30N2O3S. The van der Waals surface area contributed by atoms with E-state index in [9.17, 15) is 8.42 Å². The van der Waals surface area contributed by atoms with Crippen LogP contribution in [0, 0.1) is 0 Å². The van der Waals surface area contributed by atoms with Crippen molar-refractivity contribution < 1.29 is 13.2 Å². The molecule has 0 radical (unpaired) electrons. The summed E-state index contributed by atoms with van der Waals surface area (Å²) in [4.78, 5) is 0. The summed E-state index contributed by atoms with van der Waals surface area (Å²) >= 11 is 0. The van der Waals surface area contributed by atoms with Crippen LogP contribution in [0.3, 0.4) is 0 Å². The maximum atomic E-state index is 12.0. The zero-order valence-corrected chi connectivity index (χ0v) is 17.3. The minimum absolute atomic E-state index is 0.00152. The topological polar surface area (TPSA) is 67.4 Å². The molecule has 2 aromatic rings. The monoisotopic (exact) mass is 390 g/mol. The van der Waals surface area contributed by atoms with E-state index in [0.29, 0.717) is 6.54 Å². The lowest BCUT2D eigenvalue weighted by Crippen LogP contribution is -2.31. The predicted molar refractivity (Wildman–Crippen MR) is 110 cm³/mol. The average Bonchev–Trinajstić information content (AvgIpc) is 2.54. The van der Waals surface area contributed by atoms with Gasteiger partial charge in [-0.15, -0.1) is 0 Å². The third-order valence-electron chi connectivity index (χ3n) is 3.72. The van der Waals surface area contributed by atoms with Gasteiger partial charge in [0.1, 0.15) is 5.75 Å². The second-order valence-corrected chi connectivity index (χ2v) is 9.02. The van der Waals surface area contributed by atoms with Gasteiger partial charge in [0.25, 0.3) is 0 Å². The molecule has 148 valence electrons. The standard InChI is InChI=1S/C21H30N2O3S/c1-16(2)23-27(24,25)15-19-10-8-18(9-11-19)13-22-14-20-6-5-7-21(12-20)26-17(3)4/h5-12,16-17,22-23H,13-15H2,1-4H3. The van der Waals surface area contributed by atoms with Crippen molar-refractivity contribution in [1.82, 2.24) is 10.0 Å². The minimum Gasteiger partial charge on any atom is -0.491 e. The number of ether oxygens (including phenoxy) is 1. The van der Waals surface area contributed by atoms with E-state index in [4.69, 9.17) is 4.74 Å². The van der Waals surface area contributed by atoms with Crippen molar-refractivity contribution in [2.75, 3.05) is 0 Å². The quantitative estimate of drug-likeness (QED) is 0.651. The van der Waals surface area contributed by atoms with E-state index in [-0.39, 0.29) is 17.9 Å². The Morgan fingerprint density at radius 3 is 2.15 bits per heavy atom. The molecular weight excluding hydrogens is 360 g/mol. The molecule has 0 saturated heterocycles. The molecule has 0 aromatic heterocycles. The second-order valence-electron chi connectivity index (χ2n) is 7.27. The van der Waals surface area contributed by atoms with Crippen molar-refractivity contribution in [2.45, 2.75) is 58.7 Å². The van der Waals surface area contributed by atoms with Crippen molar-refractivity contribution in [3.63, 3.8) is 0 Å². The van der Waals surface area contributed by atoms with Crippen LogP contribution in [0.1, 0.15) is 44.4 Å². The second kappa shape index (κ2) is 9.88. The normalized spacial score (nSPS) is 11.9. The summed E-state index contributed by atoms with van der Waals surface area (Å²) in [5, 5.41) is 3.41. The zero-order valence-electron chi connectivity index (χ0n) is 16.5. The Hall–Kier alpha value is -1.89. The fourth-order valence-corrected chi connectivity index (χ4v) is 4.16. The maximum absolute atomic E-state index is 12.0. The van der Waals surface area contributed by atoms with Crippen LogP contribution >= 0.6 is 0 Å². The number of benzene rings is 2. The van der Waals surface area contributed by atoms with Gasteiger partial charge in [-0.3, -0.25) is 0 Å². The van der Waals surface area contributed by atoms with Crippen molar-refractivity contribution >= 4 is 10.0 Å². The molecule has 0 heterocycles. The molecule has 27 heavy (non-hydrogen) atoms. The predicted octanol–water partition coefficient (Wildman–Crippen LogP) is 3.59. The van der Waals surface area contributed by atoms with Gasteiger partial charge in [0.2, 0.25) is 10.0 Å². The molecule has 2 aromatic carbocycles. The Morgan fingerprint density at radius 1 is 0.889 bits per heavy atom. The van der Waals surface area contributed by atoms with Gasteiger partial charge in [0.15, 0.2) is 0 Å². The average molecular weight is 391 g/mol. The molecule has 6 heteroatoms. The van der Waals surface area contributed by atoms with Crippen molar-refractivity contribution in [3.8, 4) is 5.75 Å². The van der Waals surface area contributed by atoms with E-state index in [2.05, 4.69) is 16.1 Å². The number of rotatable bonds is 10. The first-order valence-electron chi connectivity index (χ1n) is 9.27. The first kappa shape index (κ1) is 21.4. The lowest BCUT2D eigenvalue weighted by Gasteiger charge is -2.12. The summed E-state index contributed by atoms with van der Waals surface area (Å²) in [5.74, 6) is 0.881. The fourth-order valence-electron chi connectivity index (χ4n) is 2.73. The third-order valence-corrected chi connectivity index (χ3v) is 5.27. The number of hydrogen-bond acceptors (Lipinski definition) is 4. The van der Waals surface area contributed by atoms with Crippen molar-refractivity contribution in [1.29, 1.82) is 0 Å². The minimum atomic E-state index is -3.29. The Labute approximate surface area is 163 Å². The molecule has 0 spiro atoms. The van der Waals surface area contributed by atoms with E-state index in [1.54, 1.807) is 0 Å². The number of sulfonamides is 1. The van der Waals surface area contributed by atoms with E-state index in [0.717, 1.165) is 29.0 Å². The molecule has 0 bridgehead atoms. The highest BCUT2D eigenvalue weighted by Gasteiger charge is 2.12. The van der Waals surface area contributed by atoms with Crippen LogP contribution in [0.4, 0.5) is 0 Å². The molecule has 0 aliphatic heterocycles. The van der Waals surface area contributed by atoms with Gasteiger partial charge in [0.05, 0.1) is 11.9 Å². The molecule has 2 N–H and O–H groups in total. The summed E-state index contributed by atoms with van der Waals surface area (Å²) in [7, 11) is -3.29.